The first-order valence-electron chi connectivity index (χ1n) is 3.16. The third-order valence-corrected chi connectivity index (χ3v) is 1.87. The number of aromatic nitrogens is 2. The van der Waals surface area contributed by atoms with Gasteiger partial charge in [-0.25, -0.2) is 4.98 Å². The largest absolute Gasteiger partial charge is 0.397 e. The number of nitrogens with two attached hydrogens (primary N) is 1. The molecular weight excluding hydrogens is 162 g/mol. The summed E-state index contributed by atoms with van der Waals surface area (Å²) < 4.78 is 0. The van der Waals surface area contributed by atoms with Gasteiger partial charge in [0.15, 0.2) is 5.15 Å². The van der Waals surface area contributed by atoms with Gasteiger partial charge in [0.25, 0.3) is 0 Å². The molecule has 11 heavy (non-hydrogen) atoms. The fraction of sp³-hybridized carbons (Fsp3) is 0. The molecule has 56 valence electrons. The van der Waals surface area contributed by atoms with Crippen LogP contribution in [-0.4, -0.2) is 9.97 Å². The lowest BCUT2D eigenvalue weighted by molar-refractivity contribution is 1.34. The number of hydrogen-bond donors (Lipinski definition) is 2. The Morgan fingerprint density at radius 3 is 3.09 bits per heavy atom. The Kier molecular flexibility index (Phi) is 1.26. The van der Waals surface area contributed by atoms with Crippen LogP contribution in [0.2, 0.25) is 5.15 Å². The Labute approximate surface area is 68.2 Å². The average molecular weight is 168 g/mol. The molecule has 0 aromatic carbocycles. The molecule has 2 rings (SSSR count). The zero-order valence-electron chi connectivity index (χ0n) is 5.63. The van der Waals surface area contributed by atoms with Crippen LogP contribution in [0.25, 0.3) is 10.9 Å². The van der Waals surface area contributed by atoms with Crippen LogP contribution in [0.4, 0.5) is 5.69 Å². The Bertz CT molecular complexity index is 357. The first-order valence-corrected chi connectivity index (χ1v) is 3.54. The van der Waals surface area contributed by atoms with E-state index in [9.17, 15) is 0 Å². The van der Waals surface area contributed by atoms with Crippen molar-refractivity contribution in [1.29, 1.82) is 0 Å². The van der Waals surface area contributed by atoms with Crippen molar-refractivity contribution in [3.05, 3.63) is 23.6 Å². The number of fused-ring (bicyclic) bond motifs is 1. The molecule has 3 N–H and O–H groups in total. The maximum atomic E-state index is 5.77. The Balaban J connectivity index is 2.96. The summed E-state index contributed by atoms with van der Waals surface area (Å²) in [4.78, 5) is 6.84. The van der Waals surface area contributed by atoms with Crippen LogP contribution >= 0.6 is 11.6 Å². The van der Waals surface area contributed by atoms with Gasteiger partial charge in [-0.3, -0.25) is 0 Å². The lowest BCUT2D eigenvalue weighted by atomic mass is 10.3. The van der Waals surface area contributed by atoms with Gasteiger partial charge < -0.3 is 10.7 Å². The van der Waals surface area contributed by atoms with Crippen LogP contribution < -0.4 is 5.73 Å². The van der Waals surface area contributed by atoms with Gasteiger partial charge in [0.1, 0.15) is 0 Å². The Morgan fingerprint density at radius 1 is 1.55 bits per heavy atom. The van der Waals surface area contributed by atoms with Crippen LogP contribution in [0.3, 0.4) is 0 Å². The molecule has 0 bridgehead atoms. The summed E-state index contributed by atoms with van der Waals surface area (Å²) in [5.74, 6) is 0. The molecule has 0 saturated heterocycles. The Hall–Kier alpha value is -1.22. The molecule has 0 spiro atoms. The van der Waals surface area contributed by atoms with Crippen molar-refractivity contribution in [3.8, 4) is 0 Å². The van der Waals surface area contributed by atoms with E-state index in [0.717, 1.165) is 10.9 Å². The highest BCUT2D eigenvalue weighted by Gasteiger charge is 2.02. The minimum atomic E-state index is 0.458. The molecule has 4 heteroatoms. The highest BCUT2D eigenvalue weighted by atomic mass is 35.5. The number of nitrogens with one attached hydrogen (secondary N) is 1. The number of anilines is 1. The first kappa shape index (κ1) is 6.49. The van der Waals surface area contributed by atoms with Gasteiger partial charge >= 0.3 is 0 Å². The minimum absolute atomic E-state index is 0.458. The van der Waals surface area contributed by atoms with Gasteiger partial charge in [-0.05, 0) is 6.07 Å². The van der Waals surface area contributed by atoms with Gasteiger partial charge in [-0.2, -0.15) is 0 Å². The van der Waals surface area contributed by atoms with E-state index in [0.29, 0.717) is 10.8 Å². The van der Waals surface area contributed by atoms with Gasteiger partial charge in [0, 0.05) is 11.6 Å². The molecule has 0 saturated carbocycles. The number of H-pyrrole nitrogens is 1. The summed E-state index contributed by atoms with van der Waals surface area (Å²) >= 11 is 5.77. The second-order valence-electron chi connectivity index (χ2n) is 2.27. The number of nitrogens with zero attached hydrogens (tertiary/aromatic N) is 1. The maximum absolute atomic E-state index is 5.77. The predicted octanol–water partition coefficient (Wildman–Crippen LogP) is 1.80. The third-order valence-electron chi connectivity index (χ3n) is 1.58. The van der Waals surface area contributed by atoms with Crippen molar-refractivity contribution < 1.29 is 0 Å². The third kappa shape index (κ3) is 0.851. The van der Waals surface area contributed by atoms with E-state index in [1.165, 1.54) is 0 Å². The standard InChI is InChI=1S/C7H6ClN3/c8-7-6-4(1-2-10-6)5(9)3-11-7/h1-3,10H,9H2. The smallest absolute Gasteiger partial charge is 0.153 e. The molecule has 0 radical (unpaired) electrons. The lowest BCUT2D eigenvalue weighted by Gasteiger charge is -1.95. The highest BCUT2D eigenvalue weighted by Crippen LogP contribution is 2.23. The molecule has 0 aliphatic rings. The van der Waals surface area contributed by atoms with Gasteiger partial charge in [-0.1, -0.05) is 11.6 Å². The molecule has 2 aromatic heterocycles. The molecule has 0 atom stereocenters. The maximum Gasteiger partial charge on any atom is 0.153 e. The van der Waals surface area contributed by atoms with E-state index in [1.54, 1.807) is 12.4 Å². The van der Waals surface area contributed by atoms with E-state index in [1.807, 2.05) is 6.07 Å². The van der Waals surface area contributed by atoms with Crippen LogP contribution in [0.15, 0.2) is 18.5 Å². The van der Waals surface area contributed by atoms with Crippen molar-refractivity contribution in [2.45, 2.75) is 0 Å². The second kappa shape index (κ2) is 2.13. The minimum Gasteiger partial charge on any atom is -0.397 e. The number of hydrogen-bond acceptors (Lipinski definition) is 2. The highest BCUT2D eigenvalue weighted by molar-refractivity contribution is 6.34. The average Bonchev–Trinajstić information content (AvgIpc) is 2.45. The molecular formula is C7H6ClN3. The molecule has 3 nitrogen and oxygen atoms in total. The number of rotatable bonds is 0. The fourth-order valence-corrected chi connectivity index (χ4v) is 1.25. The molecule has 2 aromatic rings. The van der Waals surface area contributed by atoms with Gasteiger partial charge in [-0.15, -0.1) is 0 Å². The van der Waals surface area contributed by atoms with Crippen molar-refractivity contribution in [1.82, 2.24) is 9.97 Å². The van der Waals surface area contributed by atoms with Crippen molar-refractivity contribution in [2.24, 2.45) is 0 Å². The fourth-order valence-electron chi connectivity index (χ4n) is 1.04. The van der Waals surface area contributed by atoms with Crippen LogP contribution in [-0.2, 0) is 0 Å². The SMILES string of the molecule is Nc1cnc(Cl)c2[nH]ccc12. The summed E-state index contributed by atoms with van der Waals surface area (Å²) in [5, 5.41) is 1.38. The van der Waals surface area contributed by atoms with Crippen LogP contribution in [0.5, 0.6) is 0 Å². The van der Waals surface area contributed by atoms with Crippen molar-refractivity contribution in [3.63, 3.8) is 0 Å². The zero-order chi connectivity index (χ0) is 7.84. The second-order valence-corrected chi connectivity index (χ2v) is 2.63. The molecule has 0 aliphatic heterocycles. The summed E-state index contributed by atoms with van der Waals surface area (Å²) in [6.07, 6.45) is 3.34. The summed E-state index contributed by atoms with van der Waals surface area (Å²) in [6.45, 7) is 0. The van der Waals surface area contributed by atoms with Gasteiger partial charge in [0.05, 0.1) is 17.4 Å². The molecule has 0 amide bonds. The van der Waals surface area contributed by atoms with E-state index < -0.39 is 0 Å². The van der Waals surface area contributed by atoms with E-state index >= 15 is 0 Å². The summed E-state index contributed by atoms with van der Waals surface area (Å²) in [7, 11) is 0. The first-order chi connectivity index (χ1) is 5.29. The molecule has 2 heterocycles. The van der Waals surface area contributed by atoms with Gasteiger partial charge in [0.2, 0.25) is 0 Å². The molecule has 0 unspecified atom stereocenters. The van der Waals surface area contributed by atoms with Crippen molar-refractivity contribution >= 4 is 28.2 Å². The number of aromatic amines is 1. The topological polar surface area (TPSA) is 54.7 Å². The van der Waals surface area contributed by atoms with E-state index in [2.05, 4.69) is 9.97 Å². The zero-order valence-corrected chi connectivity index (χ0v) is 6.39. The summed E-state index contributed by atoms with van der Waals surface area (Å²) in [5.41, 5.74) is 7.07. The normalized spacial score (nSPS) is 10.6. The predicted molar refractivity (Wildman–Crippen MR) is 45.5 cm³/mol. The van der Waals surface area contributed by atoms with Crippen molar-refractivity contribution in [2.75, 3.05) is 5.73 Å². The number of halogens is 1. The molecule has 0 aliphatic carbocycles. The Morgan fingerprint density at radius 2 is 2.36 bits per heavy atom. The molecule has 0 fully saturated rings. The van der Waals surface area contributed by atoms with Crippen LogP contribution in [0.1, 0.15) is 0 Å². The monoisotopic (exact) mass is 167 g/mol. The number of nitrogen functional groups attached to an aromatic ring is 1. The lowest BCUT2D eigenvalue weighted by Crippen LogP contribution is -1.87. The van der Waals surface area contributed by atoms with E-state index in [4.69, 9.17) is 17.3 Å². The summed E-state index contributed by atoms with van der Waals surface area (Å²) in [6, 6.07) is 1.87. The quantitative estimate of drug-likeness (QED) is 0.588. The van der Waals surface area contributed by atoms with Crippen LogP contribution in [0, 0.1) is 0 Å². The van der Waals surface area contributed by atoms with E-state index in [-0.39, 0.29) is 0 Å². The number of pyridine rings is 1.